The van der Waals surface area contributed by atoms with Gasteiger partial charge in [-0.25, -0.2) is 0 Å². The summed E-state index contributed by atoms with van der Waals surface area (Å²) in [6.07, 6.45) is 0. The summed E-state index contributed by atoms with van der Waals surface area (Å²) in [6, 6.07) is 0.436. The number of nitrogens with one attached hydrogen (secondary N) is 2. The fraction of sp³-hybridized carbons (Fsp3) is 0.941. The standard InChI is InChI=1S/C17H37N5/c1-7-18-17(20-16(5)14(2)3)19-12-15(4)13-22-10-8-21(6)9-11-22/h14-16H,7-13H2,1-6H3,(H2,18,19,20). The monoisotopic (exact) mass is 311 g/mol. The number of guanidine groups is 1. The molecule has 1 aliphatic heterocycles. The Morgan fingerprint density at radius 3 is 2.27 bits per heavy atom. The zero-order valence-corrected chi connectivity index (χ0v) is 15.5. The SMILES string of the molecule is CCNC(=NCC(C)CN1CCN(C)CC1)NC(C)C(C)C. The molecule has 2 unspecified atom stereocenters. The number of likely N-dealkylation sites (N-methyl/N-ethyl adjacent to an activating group) is 1. The lowest BCUT2D eigenvalue weighted by atomic mass is 10.1. The molecule has 22 heavy (non-hydrogen) atoms. The highest BCUT2D eigenvalue weighted by atomic mass is 15.2. The van der Waals surface area contributed by atoms with Gasteiger partial charge in [0.1, 0.15) is 0 Å². The number of aliphatic imine (C=N–C) groups is 1. The first-order valence-electron chi connectivity index (χ1n) is 8.88. The molecule has 1 heterocycles. The van der Waals surface area contributed by atoms with Crippen molar-refractivity contribution in [2.75, 3.05) is 52.9 Å². The van der Waals surface area contributed by atoms with E-state index in [1.165, 1.54) is 26.2 Å². The van der Waals surface area contributed by atoms with Crippen molar-refractivity contribution in [3.8, 4) is 0 Å². The largest absolute Gasteiger partial charge is 0.357 e. The predicted molar refractivity (Wildman–Crippen MR) is 96.5 cm³/mol. The maximum absolute atomic E-state index is 4.77. The topological polar surface area (TPSA) is 42.9 Å². The number of nitrogens with zero attached hydrogens (tertiary/aromatic N) is 3. The summed E-state index contributed by atoms with van der Waals surface area (Å²) in [5, 5.41) is 6.85. The number of hydrogen-bond donors (Lipinski definition) is 2. The van der Waals surface area contributed by atoms with Crippen LogP contribution in [0.5, 0.6) is 0 Å². The van der Waals surface area contributed by atoms with Crippen LogP contribution in [0.1, 0.15) is 34.6 Å². The third-order valence-corrected chi connectivity index (χ3v) is 4.44. The van der Waals surface area contributed by atoms with E-state index in [-0.39, 0.29) is 0 Å². The van der Waals surface area contributed by atoms with E-state index in [0.717, 1.165) is 25.6 Å². The van der Waals surface area contributed by atoms with Gasteiger partial charge in [-0.15, -0.1) is 0 Å². The van der Waals surface area contributed by atoms with E-state index in [1.807, 2.05) is 0 Å². The molecule has 0 aromatic heterocycles. The van der Waals surface area contributed by atoms with Crippen LogP contribution in [0, 0.1) is 11.8 Å². The first-order chi connectivity index (χ1) is 10.4. The molecule has 2 atom stereocenters. The van der Waals surface area contributed by atoms with Gasteiger partial charge < -0.3 is 20.4 Å². The summed E-state index contributed by atoms with van der Waals surface area (Å²) < 4.78 is 0. The molecule has 1 rings (SSSR count). The molecule has 1 saturated heterocycles. The second-order valence-corrected chi connectivity index (χ2v) is 7.11. The molecule has 130 valence electrons. The minimum absolute atomic E-state index is 0.436. The van der Waals surface area contributed by atoms with Crippen LogP contribution < -0.4 is 10.6 Å². The summed E-state index contributed by atoms with van der Waals surface area (Å²) in [5.41, 5.74) is 0. The summed E-state index contributed by atoms with van der Waals surface area (Å²) in [6.45, 7) is 18.8. The molecule has 0 aromatic rings. The Balaban J connectivity index is 2.40. The summed E-state index contributed by atoms with van der Waals surface area (Å²) in [4.78, 5) is 9.74. The van der Waals surface area contributed by atoms with Crippen LogP contribution in [0.15, 0.2) is 4.99 Å². The molecule has 0 aromatic carbocycles. The van der Waals surface area contributed by atoms with Crippen molar-refractivity contribution in [2.45, 2.75) is 40.7 Å². The molecule has 0 spiro atoms. The summed E-state index contributed by atoms with van der Waals surface area (Å²) in [7, 11) is 2.20. The van der Waals surface area contributed by atoms with E-state index >= 15 is 0 Å². The van der Waals surface area contributed by atoms with Gasteiger partial charge in [0, 0.05) is 51.9 Å². The molecule has 1 aliphatic rings. The molecular weight excluding hydrogens is 274 g/mol. The van der Waals surface area contributed by atoms with Crippen LogP contribution in [0.25, 0.3) is 0 Å². The first-order valence-corrected chi connectivity index (χ1v) is 8.88. The Labute approximate surface area is 137 Å². The molecule has 0 bridgehead atoms. The predicted octanol–water partition coefficient (Wildman–Crippen LogP) is 1.47. The molecule has 0 aliphatic carbocycles. The van der Waals surface area contributed by atoms with Crippen molar-refractivity contribution in [3.63, 3.8) is 0 Å². The first kappa shape index (κ1) is 19.2. The number of piperazine rings is 1. The molecule has 1 fully saturated rings. The molecular formula is C17H37N5. The lowest BCUT2D eigenvalue weighted by Gasteiger charge is -2.33. The Morgan fingerprint density at radius 1 is 1.09 bits per heavy atom. The van der Waals surface area contributed by atoms with Crippen LogP contribution in [0.3, 0.4) is 0 Å². The minimum Gasteiger partial charge on any atom is -0.357 e. The van der Waals surface area contributed by atoms with Crippen LogP contribution in [-0.2, 0) is 0 Å². The van der Waals surface area contributed by atoms with Gasteiger partial charge in [0.15, 0.2) is 5.96 Å². The zero-order valence-electron chi connectivity index (χ0n) is 15.5. The highest BCUT2D eigenvalue weighted by molar-refractivity contribution is 5.80. The number of rotatable bonds is 7. The van der Waals surface area contributed by atoms with Crippen LogP contribution in [0.4, 0.5) is 0 Å². The Kier molecular flexibility index (Phi) is 8.79. The fourth-order valence-electron chi connectivity index (χ4n) is 2.48. The summed E-state index contributed by atoms with van der Waals surface area (Å²) >= 11 is 0. The second kappa shape index (κ2) is 10.1. The van der Waals surface area contributed by atoms with Crippen molar-refractivity contribution in [2.24, 2.45) is 16.8 Å². The van der Waals surface area contributed by atoms with Crippen molar-refractivity contribution in [3.05, 3.63) is 0 Å². The Bertz CT molecular complexity index is 321. The molecule has 2 N–H and O–H groups in total. The van der Waals surface area contributed by atoms with Crippen LogP contribution in [-0.4, -0.2) is 74.7 Å². The van der Waals surface area contributed by atoms with E-state index in [0.29, 0.717) is 17.9 Å². The number of hydrogen-bond acceptors (Lipinski definition) is 3. The average molecular weight is 312 g/mol. The zero-order chi connectivity index (χ0) is 16.5. The highest BCUT2D eigenvalue weighted by Gasteiger charge is 2.16. The smallest absolute Gasteiger partial charge is 0.191 e. The molecule has 5 nitrogen and oxygen atoms in total. The van der Waals surface area contributed by atoms with Crippen molar-refractivity contribution < 1.29 is 0 Å². The van der Waals surface area contributed by atoms with Crippen molar-refractivity contribution >= 4 is 5.96 Å². The maximum Gasteiger partial charge on any atom is 0.191 e. The quantitative estimate of drug-likeness (QED) is 0.552. The second-order valence-electron chi connectivity index (χ2n) is 7.11. The molecule has 0 amide bonds. The van der Waals surface area contributed by atoms with Gasteiger partial charge in [0.25, 0.3) is 0 Å². The van der Waals surface area contributed by atoms with Gasteiger partial charge in [0.2, 0.25) is 0 Å². The van der Waals surface area contributed by atoms with E-state index in [1.54, 1.807) is 0 Å². The van der Waals surface area contributed by atoms with E-state index in [9.17, 15) is 0 Å². The summed E-state index contributed by atoms with van der Waals surface area (Å²) in [5.74, 6) is 2.15. The fourth-order valence-corrected chi connectivity index (χ4v) is 2.48. The van der Waals surface area contributed by atoms with Gasteiger partial charge in [-0.2, -0.15) is 0 Å². The molecule has 5 heteroatoms. The van der Waals surface area contributed by atoms with Gasteiger partial charge in [0.05, 0.1) is 0 Å². The van der Waals surface area contributed by atoms with E-state index in [4.69, 9.17) is 4.99 Å². The molecule has 0 saturated carbocycles. The third-order valence-electron chi connectivity index (χ3n) is 4.44. The Morgan fingerprint density at radius 2 is 1.73 bits per heavy atom. The van der Waals surface area contributed by atoms with E-state index in [2.05, 4.69) is 62.1 Å². The van der Waals surface area contributed by atoms with Crippen molar-refractivity contribution in [1.29, 1.82) is 0 Å². The van der Waals surface area contributed by atoms with E-state index < -0.39 is 0 Å². The van der Waals surface area contributed by atoms with Gasteiger partial charge >= 0.3 is 0 Å². The lowest BCUT2D eigenvalue weighted by molar-refractivity contribution is 0.140. The third kappa shape index (κ3) is 7.45. The normalized spacial score (nSPS) is 21.0. The van der Waals surface area contributed by atoms with Crippen LogP contribution in [0.2, 0.25) is 0 Å². The lowest BCUT2D eigenvalue weighted by Crippen LogP contribution is -2.46. The van der Waals surface area contributed by atoms with Gasteiger partial charge in [-0.05, 0) is 32.7 Å². The average Bonchev–Trinajstić information content (AvgIpc) is 2.47. The molecule has 0 radical (unpaired) electrons. The van der Waals surface area contributed by atoms with Gasteiger partial charge in [-0.3, -0.25) is 4.99 Å². The van der Waals surface area contributed by atoms with Crippen LogP contribution >= 0.6 is 0 Å². The Hall–Kier alpha value is -0.810. The minimum atomic E-state index is 0.436. The van der Waals surface area contributed by atoms with Crippen molar-refractivity contribution in [1.82, 2.24) is 20.4 Å². The maximum atomic E-state index is 4.77. The van der Waals surface area contributed by atoms with Gasteiger partial charge in [-0.1, -0.05) is 20.8 Å². The highest BCUT2D eigenvalue weighted by Crippen LogP contribution is 2.05.